The Morgan fingerprint density at radius 2 is 1.73 bits per heavy atom. The fourth-order valence-corrected chi connectivity index (χ4v) is 3.25. The van der Waals surface area contributed by atoms with Crippen LogP contribution in [0.5, 0.6) is 0 Å². The zero-order valence-corrected chi connectivity index (χ0v) is 17.8. The molecule has 1 atom stereocenters. The van der Waals surface area contributed by atoms with Crippen LogP contribution in [-0.2, 0) is 16.0 Å². The summed E-state index contributed by atoms with van der Waals surface area (Å²) < 4.78 is 5.58. The Hall–Kier alpha value is -3.12. The van der Waals surface area contributed by atoms with E-state index in [4.69, 9.17) is 4.74 Å². The molecule has 0 aliphatic heterocycles. The molecule has 6 heteroatoms. The molecule has 3 aromatic rings. The molecule has 1 aromatic heterocycles. The van der Waals surface area contributed by atoms with Crippen LogP contribution in [-0.4, -0.2) is 33.8 Å². The molecule has 0 bridgehead atoms. The lowest BCUT2D eigenvalue weighted by atomic mass is 10.0. The van der Waals surface area contributed by atoms with Gasteiger partial charge in [-0.3, -0.25) is 4.79 Å². The van der Waals surface area contributed by atoms with Gasteiger partial charge in [0, 0.05) is 30.3 Å². The van der Waals surface area contributed by atoms with Gasteiger partial charge < -0.3 is 10.1 Å². The number of ether oxygens (including phenoxy) is 1. The SMILES string of the molecule is CCOC(C)CCCc1ccc(-c2cnc(-c3ccc(NC(C)=O)cc3)nn2)cc1. The van der Waals surface area contributed by atoms with Crippen LogP contribution >= 0.6 is 0 Å². The summed E-state index contributed by atoms with van der Waals surface area (Å²) >= 11 is 0. The highest BCUT2D eigenvalue weighted by Crippen LogP contribution is 2.21. The molecule has 0 aliphatic rings. The largest absolute Gasteiger partial charge is 0.379 e. The predicted octanol–water partition coefficient (Wildman–Crippen LogP) is 4.91. The van der Waals surface area contributed by atoms with E-state index >= 15 is 0 Å². The lowest BCUT2D eigenvalue weighted by Crippen LogP contribution is -2.07. The van der Waals surface area contributed by atoms with E-state index < -0.39 is 0 Å². The Balaban J connectivity index is 1.60. The lowest BCUT2D eigenvalue weighted by Gasteiger charge is -2.11. The number of carbonyl (C=O) groups excluding carboxylic acids is 1. The molecule has 0 saturated heterocycles. The Kier molecular flexibility index (Phi) is 7.63. The van der Waals surface area contributed by atoms with Crippen molar-refractivity contribution in [3.05, 3.63) is 60.3 Å². The molecule has 0 aliphatic carbocycles. The third-order valence-electron chi connectivity index (χ3n) is 4.80. The second kappa shape index (κ2) is 10.6. The van der Waals surface area contributed by atoms with Crippen LogP contribution in [0.15, 0.2) is 54.7 Å². The maximum atomic E-state index is 11.1. The molecule has 0 spiro atoms. The predicted molar refractivity (Wildman–Crippen MR) is 119 cm³/mol. The van der Waals surface area contributed by atoms with E-state index in [2.05, 4.69) is 51.7 Å². The fraction of sp³-hybridized carbons (Fsp3) is 0.333. The van der Waals surface area contributed by atoms with Gasteiger partial charge >= 0.3 is 0 Å². The van der Waals surface area contributed by atoms with E-state index in [1.165, 1.54) is 12.5 Å². The van der Waals surface area contributed by atoms with Crippen molar-refractivity contribution in [2.75, 3.05) is 11.9 Å². The van der Waals surface area contributed by atoms with Crippen molar-refractivity contribution in [3.8, 4) is 22.6 Å². The highest BCUT2D eigenvalue weighted by atomic mass is 16.5. The molecule has 3 rings (SSSR count). The number of nitrogens with one attached hydrogen (secondary N) is 1. The van der Waals surface area contributed by atoms with Crippen molar-refractivity contribution in [2.24, 2.45) is 0 Å². The molecule has 1 heterocycles. The minimum atomic E-state index is -0.101. The molecule has 0 saturated carbocycles. The second-order valence-corrected chi connectivity index (χ2v) is 7.28. The van der Waals surface area contributed by atoms with E-state index in [0.29, 0.717) is 11.9 Å². The summed E-state index contributed by atoms with van der Waals surface area (Å²) in [6, 6.07) is 15.8. The minimum Gasteiger partial charge on any atom is -0.379 e. The van der Waals surface area contributed by atoms with Gasteiger partial charge in [-0.05, 0) is 62.9 Å². The first-order chi connectivity index (χ1) is 14.5. The van der Waals surface area contributed by atoms with Crippen LogP contribution in [0.2, 0.25) is 0 Å². The standard InChI is InChI=1S/C24H28N4O2/c1-4-30-17(2)6-5-7-19-8-10-20(11-9-19)23-16-25-24(28-27-23)21-12-14-22(15-13-21)26-18(3)29/h8-17H,4-7H2,1-3H3,(H,26,29). The van der Waals surface area contributed by atoms with Crippen LogP contribution in [0.1, 0.15) is 39.2 Å². The number of aromatic nitrogens is 3. The molecular formula is C24H28N4O2. The summed E-state index contributed by atoms with van der Waals surface area (Å²) in [6.45, 7) is 6.41. The summed E-state index contributed by atoms with van der Waals surface area (Å²) in [4.78, 5) is 15.6. The van der Waals surface area contributed by atoms with Crippen LogP contribution in [0.4, 0.5) is 5.69 Å². The van der Waals surface area contributed by atoms with Crippen molar-refractivity contribution in [1.82, 2.24) is 15.2 Å². The topological polar surface area (TPSA) is 77.0 Å². The highest BCUT2D eigenvalue weighted by molar-refractivity contribution is 5.88. The van der Waals surface area contributed by atoms with Gasteiger partial charge in [-0.2, -0.15) is 0 Å². The van der Waals surface area contributed by atoms with E-state index in [0.717, 1.165) is 48.4 Å². The van der Waals surface area contributed by atoms with Gasteiger partial charge in [0.15, 0.2) is 5.82 Å². The number of rotatable bonds is 9. The average molecular weight is 405 g/mol. The van der Waals surface area contributed by atoms with Crippen LogP contribution < -0.4 is 5.32 Å². The highest BCUT2D eigenvalue weighted by Gasteiger charge is 2.06. The molecule has 0 fully saturated rings. The molecule has 1 unspecified atom stereocenters. The van der Waals surface area contributed by atoms with E-state index in [1.807, 2.05) is 31.2 Å². The molecular weight excluding hydrogens is 376 g/mol. The molecule has 2 aromatic carbocycles. The summed E-state index contributed by atoms with van der Waals surface area (Å²) in [5.41, 5.74) is 4.63. The molecule has 30 heavy (non-hydrogen) atoms. The third-order valence-corrected chi connectivity index (χ3v) is 4.80. The van der Waals surface area contributed by atoms with Gasteiger partial charge in [0.05, 0.1) is 12.3 Å². The normalized spacial score (nSPS) is 11.8. The monoisotopic (exact) mass is 404 g/mol. The summed E-state index contributed by atoms with van der Waals surface area (Å²) in [5, 5.41) is 11.3. The van der Waals surface area contributed by atoms with Gasteiger partial charge in [0.2, 0.25) is 5.91 Å². The third kappa shape index (κ3) is 6.19. The lowest BCUT2D eigenvalue weighted by molar-refractivity contribution is -0.114. The molecule has 1 N–H and O–H groups in total. The van der Waals surface area contributed by atoms with E-state index in [1.54, 1.807) is 6.20 Å². The number of nitrogens with zero attached hydrogens (tertiary/aromatic N) is 3. The number of amides is 1. The number of anilines is 1. The van der Waals surface area contributed by atoms with Gasteiger partial charge in [0.25, 0.3) is 0 Å². The first-order valence-corrected chi connectivity index (χ1v) is 10.3. The van der Waals surface area contributed by atoms with Gasteiger partial charge in [0.1, 0.15) is 5.69 Å². The van der Waals surface area contributed by atoms with E-state index in [9.17, 15) is 4.79 Å². The maximum Gasteiger partial charge on any atom is 0.221 e. The van der Waals surface area contributed by atoms with Crippen LogP contribution in [0.25, 0.3) is 22.6 Å². The Labute approximate surface area is 177 Å². The Bertz CT molecular complexity index is 938. The Morgan fingerprint density at radius 1 is 1.03 bits per heavy atom. The average Bonchev–Trinajstić information content (AvgIpc) is 2.75. The van der Waals surface area contributed by atoms with Crippen molar-refractivity contribution in [1.29, 1.82) is 0 Å². The molecule has 0 radical (unpaired) electrons. The number of aryl methyl sites for hydroxylation is 1. The summed E-state index contributed by atoms with van der Waals surface area (Å²) in [5.74, 6) is 0.448. The smallest absolute Gasteiger partial charge is 0.221 e. The molecule has 156 valence electrons. The number of hydrogen-bond donors (Lipinski definition) is 1. The van der Waals surface area contributed by atoms with E-state index in [-0.39, 0.29) is 5.91 Å². The zero-order chi connectivity index (χ0) is 21.3. The van der Waals surface area contributed by atoms with Crippen molar-refractivity contribution in [3.63, 3.8) is 0 Å². The zero-order valence-electron chi connectivity index (χ0n) is 17.8. The number of carbonyl (C=O) groups is 1. The minimum absolute atomic E-state index is 0.101. The van der Waals surface area contributed by atoms with Crippen molar-refractivity contribution in [2.45, 2.75) is 46.1 Å². The van der Waals surface area contributed by atoms with Gasteiger partial charge in [-0.25, -0.2) is 4.98 Å². The van der Waals surface area contributed by atoms with Crippen molar-refractivity contribution >= 4 is 11.6 Å². The quantitative estimate of drug-likeness (QED) is 0.548. The Morgan fingerprint density at radius 3 is 2.33 bits per heavy atom. The molecule has 1 amide bonds. The van der Waals surface area contributed by atoms with Crippen LogP contribution in [0, 0.1) is 0 Å². The fourth-order valence-electron chi connectivity index (χ4n) is 3.25. The number of benzene rings is 2. The first kappa shape index (κ1) is 21.6. The summed E-state index contributed by atoms with van der Waals surface area (Å²) in [7, 11) is 0. The summed E-state index contributed by atoms with van der Waals surface area (Å²) in [6.07, 6.45) is 5.27. The second-order valence-electron chi connectivity index (χ2n) is 7.28. The van der Waals surface area contributed by atoms with Gasteiger partial charge in [-0.1, -0.05) is 24.3 Å². The first-order valence-electron chi connectivity index (χ1n) is 10.3. The number of hydrogen-bond acceptors (Lipinski definition) is 5. The van der Waals surface area contributed by atoms with Gasteiger partial charge in [-0.15, -0.1) is 10.2 Å². The van der Waals surface area contributed by atoms with Crippen LogP contribution in [0.3, 0.4) is 0 Å². The maximum absolute atomic E-state index is 11.1. The van der Waals surface area contributed by atoms with Crippen molar-refractivity contribution < 1.29 is 9.53 Å². The molecule has 6 nitrogen and oxygen atoms in total.